The monoisotopic (exact) mass is 914 g/mol. The van der Waals surface area contributed by atoms with Crippen LogP contribution in [0.1, 0.15) is 80.2 Å². The van der Waals surface area contributed by atoms with E-state index >= 15 is 0 Å². The number of hydrogen-bond donors (Lipinski definition) is 2. The van der Waals surface area contributed by atoms with Gasteiger partial charge in [-0.1, -0.05) is 43.4 Å². The van der Waals surface area contributed by atoms with E-state index < -0.39 is 15.6 Å². The van der Waals surface area contributed by atoms with Gasteiger partial charge in [0.1, 0.15) is 16.3 Å². The average Bonchev–Trinajstić information content (AvgIpc) is 3.91. The number of thiophene rings is 1. The van der Waals surface area contributed by atoms with Gasteiger partial charge in [-0.25, -0.2) is 23.4 Å². The van der Waals surface area contributed by atoms with Gasteiger partial charge >= 0.3 is 0 Å². The molecule has 5 aromatic rings. The van der Waals surface area contributed by atoms with Crippen molar-refractivity contribution in [2.24, 2.45) is 5.92 Å². The molecule has 0 bridgehead atoms. The van der Waals surface area contributed by atoms with Crippen LogP contribution < -0.4 is 10.6 Å². The Morgan fingerprint density at radius 1 is 1.05 bits per heavy atom. The smallest absolute Gasteiger partial charge is 0.249 e. The minimum absolute atomic E-state index is 0.151. The third-order valence-electron chi connectivity index (χ3n) is 13.1. The van der Waals surface area contributed by atoms with E-state index in [1.54, 1.807) is 34.0 Å². The van der Waals surface area contributed by atoms with E-state index in [4.69, 9.17) is 19.7 Å². The fourth-order valence-corrected chi connectivity index (χ4v) is 11.9. The maximum Gasteiger partial charge on any atom is 0.249 e. The lowest BCUT2D eigenvalue weighted by Crippen LogP contribution is -2.56. The van der Waals surface area contributed by atoms with Gasteiger partial charge in [-0.15, -0.1) is 11.3 Å². The molecule has 4 aliphatic rings. The van der Waals surface area contributed by atoms with E-state index in [2.05, 4.69) is 56.1 Å². The van der Waals surface area contributed by atoms with Gasteiger partial charge in [0.05, 0.1) is 47.0 Å². The molecule has 2 aliphatic carbocycles. The normalized spacial score (nSPS) is 22.1. The summed E-state index contributed by atoms with van der Waals surface area (Å²) in [5.41, 5.74) is 6.37. The zero-order valence-electron chi connectivity index (χ0n) is 37.7. The van der Waals surface area contributed by atoms with Crippen LogP contribution in [0.4, 0.5) is 5.82 Å². The number of allylic oxidation sites excluding steroid dienone is 5. The molecule has 0 radical (unpaired) electrons. The van der Waals surface area contributed by atoms with Crippen LogP contribution in [0.3, 0.4) is 0 Å². The first kappa shape index (κ1) is 44.8. The highest BCUT2D eigenvalue weighted by Gasteiger charge is 2.43. The van der Waals surface area contributed by atoms with E-state index in [1.165, 1.54) is 0 Å². The number of nitrogens with zero attached hydrogens (tertiary/aromatic N) is 8. The van der Waals surface area contributed by atoms with Crippen LogP contribution in [-0.2, 0) is 32.6 Å². The molecule has 0 spiro atoms. The number of ether oxygens (including phenoxy) is 1. The summed E-state index contributed by atoms with van der Waals surface area (Å²) in [6.07, 6.45) is 15.4. The molecule has 16 heteroatoms. The lowest BCUT2D eigenvalue weighted by atomic mass is 9.82. The highest BCUT2D eigenvalue weighted by molar-refractivity contribution is 7.93. The van der Waals surface area contributed by atoms with Gasteiger partial charge in [0.15, 0.2) is 5.82 Å². The first-order valence-electron chi connectivity index (χ1n) is 22.8. The quantitative estimate of drug-likeness (QED) is 0.106. The van der Waals surface area contributed by atoms with Crippen molar-refractivity contribution in [1.29, 1.82) is 0 Å². The first-order valence-corrected chi connectivity index (χ1v) is 25.1. The van der Waals surface area contributed by atoms with Gasteiger partial charge in [0.25, 0.3) is 0 Å². The molecule has 2 aliphatic heterocycles. The Kier molecular flexibility index (Phi) is 13.2. The van der Waals surface area contributed by atoms with Crippen molar-refractivity contribution < 1.29 is 17.9 Å². The molecule has 65 heavy (non-hydrogen) atoms. The number of fused-ring (bicyclic) bond motifs is 1. The molecule has 1 amide bonds. The van der Waals surface area contributed by atoms with E-state index in [-0.39, 0.29) is 23.3 Å². The second-order valence-corrected chi connectivity index (χ2v) is 20.6. The minimum atomic E-state index is -3.96. The summed E-state index contributed by atoms with van der Waals surface area (Å²) < 4.78 is 38.5. The summed E-state index contributed by atoms with van der Waals surface area (Å²) in [6, 6.07) is 13.8. The lowest BCUT2D eigenvalue weighted by Gasteiger charge is -2.45. The van der Waals surface area contributed by atoms with Crippen molar-refractivity contribution in [2.45, 2.75) is 84.3 Å². The summed E-state index contributed by atoms with van der Waals surface area (Å²) in [4.78, 5) is 37.2. The molecule has 0 saturated carbocycles. The number of anilines is 1. The zero-order chi connectivity index (χ0) is 45.1. The highest BCUT2D eigenvalue weighted by Crippen LogP contribution is 2.40. The van der Waals surface area contributed by atoms with Crippen molar-refractivity contribution in [3.05, 3.63) is 123 Å². The average molecular weight is 915 g/mol. The van der Waals surface area contributed by atoms with Crippen LogP contribution in [0.5, 0.6) is 0 Å². The number of carbonyl (C=O) groups excluding carboxylic acids is 1. The fourth-order valence-electron chi connectivity index (χ4n) is 9.39. The number of nitrogens with one attached hydrogen (secondary N) is 2. The number of piperidine rings is 1. The second-order valence-electron chi connectivity index (χ2n) is 17.8. The number of hydrogen-bond acceptors (Lipinski definition) is 12. The zero-order valence-corrected chi connectivity index (χ0v) is 39.3. The molecule has 2 saturated heterocycles. The lowest BCUT2D eigenvalue weighted by molar-refractivity contribution is -0.119. The molecule has 0 aromatic carbocycles. The van der Waals surface area contributed by atoms with Crippen molar-refractivity contribution in [3.63, 3.8) is 0 Å². The molecule has 7 heterocycles. The topological polar surface area (TPSA) is 160 Å². The van der Waals surface area contributed by atoms with Crippen molar-refractivity contribution in [2.75, 3.05) is 51.3 Å². The number of pyridine rings is 2. The second kappa shape index (κ2) is 19.2. The van der Waals surface area contributed by atoms with Crippen LogP contribution in [0.25, 0.3) is 27.3 Å². The number of amides is 1. The van der Waals surface area contributed by atoms with Gasteiger partial charge in [0.2, 0.25) is 15.9 Å². The molecule has 3 atom stereocenters. The molecule has 9 rings (SSSR count). The van der Waals surface area contributed by atoms with Crippen LogP contribution in [-0.4, -0.2) is 105 Å². The summed E-state index contributed by atoms with van der Waals surface area (Å²) in [7, 11) is -3.96. The minimum Gasteiger partial charge on any atom is -0.379 e. The SMILES string of the molecule is Cc1cc(C)n(CCCNC(=O)C2=CC(S(=O)(=O)N3CCCC(c4cccc(-c5nc(NCc6ccccn6)c6c(C7=CCC(C)C=C7)csc6n5)n4)C3)=CCC2(C)N2CCOCC2)n1. The third kappa shape index (κ3) is 9.64. The van der Waals surface area contributed by atoms with Gasteiger partial charge < -0.3 is 15.4 Å². The summed E-state index contributed by atoms with van der Waals surface area (Å²) in [6.45, 7) is 12.9. The van der Waals surface area contributed by atoms with Crippen LogP contribution >= 0.6 is 11.3 Å². The predicted molar refractivity (Wildman–Crippen MR) is 256 cm³/mol. The van der Waals surface area contributed by atoms with E-state index in [0.29, 0.717) is 101 Å². The largest absolute Gasteiger partial charge is 0.379 e. The summed E-state index contributed by atoms with van der Waals surface area (Å²) >= 11 is 1.59. The van der Waals surface area contributed by atoms with Crippen LogP contribution in [0.2, 0.25) is 0 Å². The van der Waals surface area contributed by atoms with E-state index in [9.17, 15) is 13.2 Å². The molecule has 3 unspecified atom stereocenters. The summed E-state index contributed by atoms with van der Waals surface area (Å²) in [5, 5.41) is 14.4. The fraction of sp³-hybridized carbons (Fsp3) is 0.429. The van der Waals surface area contributed by atoms with Crippen LogP contribution in [0.15, 0.2) is 94.9 Å². The highest BCUT2D eigenvalue weighted by atomic mass is 32.2. The van der Waals surface area contributed by atoms with Crippen molar-refractivity contribution in [3.8, 4) is 11.5 Å². The molecule has 5 aromatic heterocycles. The maximum atomic E-state index is 14.7. The molecule has 340 valence electrons. The van der Waals surface area contributed by atoms with Crippen molar-refractivity contribution >= 4 is 48.9 Å². The number of aryl methyl sites for hydroxylation is 3. The number of carbonyl (C=O) groups is 1. The standard InChI is InChI=1S/C49H58N10O4S2/c1-33-14-16-36(17-15-33)40-32-64-48-44(40)46(52-30-38-11-5-6-20-50-38)54-45(55-48)43-13-7-12-42(53-43)37-10-8-22-58(31-37)65(61,62)39-18-19-49(4,57-24-26-63-27-25-57)41(29-39)47(60)51-21-9-23-59-35(3)28-34(2)56-59/h5-7,11-14,16-18,20,28-29,32-33,37H,8-10,15,19,21-27,30-31H2,1-4H3,(H,51,60)(H,52,54,55). The Hall–Kier alpha value is -5.39. The summed E-state index contributed by atoms with van der Waals surface area (Å²) in [5.74, 6) is 1.30. The Morgan fingerprint density at radius 3 is 2.68 bits per heavy atom. The Morgan fingerprint density at radius 2 is 1.91 bits per heavy atom. The Balaban J connectivity index is 0.952. The molecular formula is C49H58N10O4S2. The number of morpholine rings is 1. The number of aromatic nitrogens is 6. The van der Waals surface area contributed by atoms with Crippen molar-refractivity contribution in [1.82, 2.24) is 44.2 Å². The molecule has 2 fully saturated rings. The van der Waals surface area contributed by atoms with Crippen LogP contribution in [0, 0.1) is 19.8 Å². The van der Waals surface area contributed by atoms with Gasteiger partial charge in [-0.2, -0.15) is 9.40 Å². The number of rotatable bonds is 14. The van der Waals surface area contributed by atoms with Gasteiger partial charge in [-0.3, -0.25) is 19.4 Å². The molecular weight excluding hydrogens is 857 g/mol. The molecule has 2 N–H and O–H groups in total. The first-order chi connectivity index (χ1) is 31.5. The van der Waals surface area contributed by atoms with Gasteiger partial charge in [-0.05, 0) is 101 Å². The van der Waals surface area contributed by atoms with E-state index in [0.717, 1.165) is 57.0 Å². The number of sulfonamides is 1. The predicted octanol–water partition coefficient (Wildman–Crippen LogP) is 7.57. The Bertz CT molecular complexity index is 2790. The third-order valence-corrected chi connectivity index (χ3v) is 15.9. The Labute approximate surface area is 385 Å². The maximum absolute atomic E-state index is 14.7. The molecule has 14 nitrogen and oxygen atoms in total. The van der Waals surface area contributed by atoms with Gasteiger partial charge in [0, 0.05) is 79.3 Å². The van der Waals surface area contributed by atoms with E-state index in [1.807, 2.05) is 67.9 Å².